The molecule has 2 heterocycles. The smallest absolute Gasteiger partial charge is 0.361 e. The molecule has 6 aromatic rings. The van der Waals surface area contributed by atoms with E-state index in [-0.39, 0.29) is 35.5 Å². The number of benzene rings is 4. The molecule has 296 valence electrons. The predicted molar refractivity (Wildman–Crippen MR) is 215 cm³/mol. The number of aromatic amines is 1. The maximum absolute atomic E-state index is 13.2. The van der Waals surface area contributed by atoms with Gasteiger partial charge in [-0.1, -0.05) is 75.5 Å². The summed E-state index contributed by atoms with van der Waals surface area (Å²) in [7, 11) is 0. The van der Waals surface area contributed by atoms with Crippen molar-refractivity contribution in [3.63, 3.8) is 0 Å². The highest BCUT2D eigenvalue weighted by molar-refractivity contribution is 9.10. The number of Topliss-reactive ketones (excluding diaryl/α,β-unsaturated/α-hetero) is 2. The van der Waals surface area contributed by atoms with Crippen LogP contribution in [0.1, 0.15) is 49.9 Å². The van der Waals surface area contributed by atoms with E-state index in [0.29, 0.717) is 5.02 Å². The SMILES string of the molecule is Clc1ccc2[nH]ccc2c1.[C-]#[N+]c1ccc(CC(=O)C(C)(C)Br)cc1C(F)(F)F.[C-]#[N+]c1ccc(CC(=O)C(C)(C)n2ccc3cc(Cl)ccc32)cc1C(F)(F)F. The van der Waals surface area contributed by atoms with E-state index in [4.69, 9.17) is 36.3 Å². The maximum Gasteiger partial charge on any atom is 0.407 e. The van der Waals surface area contributed by atoms with E-state index in [1.54, 1.807) is 56.7 Å². The third kappa shape index (κ3) is 11.3. The summed E-state index contributed by atoms with van der Waals surface area (Å²) in [5, 5.41) is 3.39. The molecule has 0 spiro atoms. The number of rotatable bonds is 7. The zero-order chi connectivity index (χ0) is 42.5. The molecule has 4 aromatic carbocycles. The van der Waals surface area contributed by atoms with Gasteiger partial charge in [0.2, 0.25) is 0 Å². The summed E-state index contributed by atoms with van der Waals surface area (Å²) >= 11 is 14.9. The van der Waals surface area contributed by atoms with Gasteiger partial charge in [0.15, 0.2) is 22.9 Å². The van der Waals surface area contributed by atoms with Crippen LogP contribution in [0.15, 0.2) is 97.3 Å². The molecule has 1 N–H and O–H groups in total. The molecule has 0 radical (unpaired) electrons. The lowest BCUT2D eigenvalue weighted by Gasteiger charge is -2.27. The lowest BCUT2D eigenvalue weighted by atomic mass is 9.92. The van der Waals surface area contributed by atoms with Gasteiger partial charge in [0.1, 0.15) is 0 Å². The van der Waals surface area contributed by atoms with Crippen molar-refractivity contribution in [2.75, 3.05) is 0 Å². The van der Waals surface area contributed by atoms with Crippen molar-refractivity contribution < 1.29 is 35.9 Å². The molecule has 6 nitrogen and oxygen atoms in total. The fourth-order valence-corrected chi connectivity index (χ4v) is 6.09. The Morgan fingerprint density at radius 1 is 0.684 bits per heavy atom. The van der Waals surface area contributed by atoms with Crippen LogP contribution >= 0.6 is 39.1 Å². The van der Waals surface area contributed by atoms with E-state index >= 15 is 0 Å². The zero-order valence-electron chi connectivity index (χ0n) is 30.7. The summed E-state index contributed by atoms with van der Waals surface area (Å²) in [5.74, 6) is -0.472. The van der Waals surface area contributed by atoms with Crippen LogP contribution in [-0.4, -0.2) is 25.4 Å². The van der Waals surface area contributed by atoms with E-state index in [9.17, 15) is 35.9 Å². The first-order chi connectivity index (χ1) is 26.4. The van der Waals surface area contributed by atoms with Gasteiger partial charge >= 0.3 is 12.4 Å². The van der Waals surface area contributed by atoms with Crippen LogP contribution in [0.5, 0.6) is 0 Å². The van der Waals surface area contributed by atoms with E-state index in [2.05, 4.69) is 30.6 Å². The Labute approximate surface area is 343 Å². The molecule has 0 aliphatic heterocycles. The molecular formula is C42H33BrCl2F6N4O2. The number of hydrogen-bond acceptors (Lipinski definition) is 2. The fourth-order valence-electron chi connectivity index (χ4n) is 5.59. The normalized spacial score (nSPS) is 11.8. The Bertz CT molecular complexity index is 2520. The quantitative estimate of drug-likeness (QED) is 0.0986. The zero-order valence-corrected chi connectivity index (χ0v) is 33.8. The average molecular weight is 891 g/mol. The third-order valence-corrected chi connectivity index (χ3v) is 9.73. The largest absolute Gasteiger partial charge is 0.407 e. The first kappa shape index (κ1) is 44.6. The third-order valence-electron chi connectivity index (χ3n) is 8.82. The van der Waals surface area contributed by atoms with Crippen LogP contribution in [0.4, 0.5) is 37.7 Å². The Morgan fingerprint density at radius 3 is 1.67 bits per heavy atom. The van der Waals surface area contributed by atoms with Gasteiger partial charge in [0.25, 0.3) is 0 Å². The number of carbonyl (C=O) groups excluding carboxylic acids is 2. The highest BCUT2D eigenvalue weighted by Gasteiger charge is 2.36. The summed E-state index contributed by atoms with van der Waals surface area (Å²) < 4.78 is 78.8. The van der Waals surface area contributed by atoms with Crippen molar-refractivity contribution in [3.05, 3.63) is 152 Å². The lowest BCUT2D eigenvalue weighted by Crippen LogP contribution is -2.36. The minimum Gasteiger partial charge on any atom is -0.361 e. The van der Waals surface area contributed by atoms with Crippen LogP contribution in [0, 0.1) is 13.1 Å². The highest BCUT2D eigenvalue weighted by Crippen LogP contribution is 2.39. The molecule has 2 aromatic heterocycles. The van der Waals surface area contributed by atoms with Crippen LogP contribution in [0.2, 0.25) is 10.0 Å². The number of alkyl halides is 7. The van der Waals surface area contributed by atoms with Crippen LogP contribution in [0.25, 0.3) is 31.5 Å². The standard InChI is InChI=1S/C21H16ClF3N2O.C13H11BrF3NO.C8H6ClN/c1-20(2,27-9-8-14-12-15(22)5-7-18(14)27)19(28)11-13-4-6-17(26-3)16(10-13)21(23,24)25;1-12(2,14)11(19)7-8-4-5-10(18-3)9(6-8)13(15,16)17;9-7-1-2-8-6(5-7)3-4-10-8/h4-10,12H,11H2,1-2H3;4-6H,7H2,1-2H3;1-5,10H. The van der Waals surface area contributed by atoms with Crippen molar-refractivity contribution >= 4 is 83.9 Å². The van der Waals surface area contributed by atoms with E-state index in [1.807, 2.05) is 36.5 Å². The number of nitrogens with zero attached hydrogens (tertiary/aromatic N) is 3. The number of fused-ring (bicyclic) bond motifs is 2. The monoisotopic (exact) mass is 888 g/mol. The molecule has 0 amide bonds. The van der Waals surface area contributed by atoms with Crippen LogP contribution in [0.3, 0.4) is 0 Å². The molecule has 6 rings (SSSR count). The molecule has 15 heteroatoms. The van der Waals surface area contributed by atoms with Crippen molar-refractivity contribution in [1.29, 1.82) is 0 Å². The van der Waals surface area contributed by atoms with Crippen molar-refractivity contribution in [2.24, 2.45) is 0 Å². The molecule has 0 atom stereocenters. The number of nitrogens with one attached hydrogen (secondary N) is 1. The molecule has 0 fully saturated rings. The predicted octanol–water partition coefficient (Wildman–Crippen LogP) is 13.8. The fraction of sp³-hybridized carbons (Fsp3) is 0.238. The summed E-state index contributed by atoms with van der Waals surface area (Å²) in [6, 6.07) is 21.7. The van der Waals surface area contributed by atoms with Crippen LogP contribution < -0.4 is 0 Å². The van der Waals surface area contributed by atoms with Gasteiger partial charge < -0.3 is 9.55 Å². The van der Waals surface area contributed by atoms with Crippen molar-refractivity contribution in [1.82, 2.24) is 9.55 Å². The summed E-state index contributed by atoms with van der Waals surface area (Å²) in [4.78, 5) is 33.6. The van der Waals surface area contributed by atoms with Gasteiger partial charge in [-0.05, 0) is 87.4 Å². The van der Waals surface area contributed by atoms with Gasteiger partial charge in [-0.2, -0.15) is 26.3 Å². The lowest BCUT2D eigenvalue weighted by molar-refractivity contribution is -0.137. The van der Waals surface area contributed by atoms with Gasteiger partial charge in [-0.15, -0.1) is 0 Å². The van der Waals surface area contributed by atoms with E-state index in [1.165, 1.54) is 12.1 Å². The van der Waals surface area contributed by atoms with Gasteiger partial charge in [-0.25, -0.2) is 9.69 Å². The topological polar surface area (TPSA) is 63.6 Å². The summed E-state index contributed by atoms with van der Waals surface area (Å²) in [6.07, 6.45) is -5.86. The Balaban J connectivity index is 0.000000212. The summed E-state index contributed by atoms with van der Waals surface area (Å²) in [5.41, 5.74) is -1.53. The highest BCUT2D eigenvalue weighted by atomic mass is 79.9. The first-order valence-electron chi connectivity index (χ1n) is 16.9. The molecule has 0 aliphatic rings. The minimum atomic E-state index is -4.65. The molecule has 0 saturated heterocycles. The Kier molecular flexibility index (Phi) is 13.8. The molecule has 0 saturated carbocycles. The first-order valence-corrected chi connectivity index (χ1v) is 18.4. The molecule has 0 bridgehead atoms. The number of H-pyrrole nitrogens is 1. The number of ketones is 2. The second kappa shape index (κ2) is 17.6. The minimum absolute atomic E-state index is 0.111. The molecule has 0 aliphatic carbocycles. The van der Waals surface area contributed by atoms with E-state index < -0.39 is 44.7 Å². The molecule has 57 heavy (non-hydrogen) atoms. The molecule has 0 unspecified atom stereocenters. The van der Waals surface area contributed by atoms with Gasteiger partial charge in [-0.3, -0.25) is 9.59 Å². The second-order valence-electron chi connectivity index (χ2n) is 13.8. The molecular weight excluding hydrogens is 857 g/mol. The van der Waals surface area contributed by atoms with Crippen LogP contribution in [-0.2, 0) is 40.3 Å². The summed E-state index contributed by atoms with van der Waals surface area (Å²) in [6.45, 7) is 20.3. The Hall–Kier alpha value is -5.08. The second-order valence-corrected chi connectivity index (χ2v) is 16.6. The Morgan fingerprint density at radius 2 is 1.18 bits per heavy atom. The van der Waals surface area contributed by atoms with Gasteiger partial charge in [0.05, 0.1) is 34.1 Å². The number of carbonyl (C=O) groups is 2. The number of halogens is 9. The van der Waals surface area contributed by atoms with E-state index in [0.717, 1.165) is 51.1 Å². The van der Waals surface area contributed by atoms with Gasteiger partial charge in [0, 0.05) is 57.1 Å². The average Bonchev–Trinajstić information content (AvgIpc) is 3.78. The maximum atomic E-state index is 13.2. The van der Waals surface area contributed by atoms with Crippen molar-refractivity contribution in [3.8, 4) is 0 Å². The number of aromatic nitrogens is 2. The van der Waals surface area contributed by atoms with Crippen molar-refractivity contribution in [2.45, 2.75) is 62.8 Å². The number of hydrogen-bond donors (Lipinski definition) is 1.